The van der Waals surface area contributed by atoms with Gasteiger partial charge in [-0.2, -0.15) is 0 Å². The van der Waals surface area contributed by atoms with Gasteiger partial charge in [0.05, 0.1) is 5.60 Å². The fraction of sp³-hybridized carbons (Fsp3) is 0.917. The molecule has 0 aromatic rings. The molecule has 0 fully saturated rings. The highest BCUT2D eigenvalue weighted by atomic mass is 16.5. The maximum atomic E-state index is 12.3. The first-order valence-corrected chi connectivity index (χ1v) is 12.0. The largest absolute Gasteiger partial charge is 0.376 e. The number of ether oxygens (including phenoxy) is 1. The van der Waals surface area contributed by atoms with Crippen LogP contribution >= 0.6 is 0 Å². The number of rotatable bonds is 19. The summed E-state index contributed by atoms with van der Waals surface area (Å²) in [5.74, 6) is 0.108. The van der Waals surface area contributed by atoms with E-state index in [1.807, 2.05) is 20.8 Å². The summed E-state index contributed by atoms with van der Waals surface area (Å²) in [7, 11) is 0. The van der Waals surface area contributed by atoms with Crippen molar-refractivity contribution in [3.63, 3.8) is 0 Å². The molecule has 0 rings (SSSR count). The molecule has 0 radical (unpaired) electrons. The number of hydrogen-bond donors (Lipinski definition) is 2. The van der Waals surface area contributed by atoms with Crippen LogP contribution in [0.3, 0.4) is 0 Å². The van der Waals surface area contributed by atoms with Crippen molar-refractivity contribution < 1.29 is 14.3 Å². The second-order valence-electron chi connectivity index (χ2n) is 8.76. The molecular formula is C24H48N2O3. The average Bonchev–Trinajstić information content (AvgIpc) is 2.65. The molecule has 2 N–H and O–H groups in total. The molecule has 2 amide bonds. The third-order valence-corrected chi connectivity index (χ3v) is 5.32. The first kappa shape index (κ1) is 27.9. The lowest BCUT2D eigenvalue weighted by atomic mass is 10.0. The Bertz CT molecular complexity index is 424. The van der Waals surface area contributed by atoms with E-state index in [0.717, 1.165) is 19.3 Å². The van der Waals surface area contributed by atoms with E-state index in [2.05, 4.69) is 24.5 Å². The molecule has 29 heavy (non-hydrogen) atoms. The van der Waals surface area contributed by atoms with Crippen molar-refractivity contribution in [3.8, 4) is 0 Å². The molecule has 172 valence electrons. The highest BCUT2D eigenvalue weighted by Crippen LogP contribution is 2.14. The number of carbonyl (C=O) groups excluding carboxylic acids is 2. The third kappa shape index (κ3) is 17.5. The Morgan fingerprint density at radius 1 is 0.828 bits per heavy atom. The lowest BCUT2D eigenvalue weighted by Gasteiger charge is -2.24. The van der Waals surface area contributed by atoms with Crippen molar-refractivity contribution in [1.82, 2.24) is 10.6 Å². The van der Waals surface area contributed by atoms with Crippen LogP contribution in [0.4, 0.5) is 0 Å². The van der Waals surface area contributed by atoms with Gasteiger partial charge in [0, 0.05) is 32.0 Å². The minimum atomic E-state index is -0.216. The first-order chi connectivity index (χ1) is 13.8. The minimum absolute atomic E-state index is 0.0177. The maximum absolute atomic E-state index is 12.3. The standard InChI is InChI=1S/C24H48N2O3/c1-6-9-11-13-16-21(15-12-10-7-2)26-23(28)18-14-17-22(27)25-20-19-24(4,5)29-8-3/h21H,6-20H2,1-5H3,(H,25,27)(H,26,28). The van der Waals surface area contributed by atoms with Crippen LogP contribution in [0, 0.1) is 0 Å². The van der Waals surface area contributed by atoms with Crippen molar-refractivity contribution in [2.45, 2.75) is 130 Å². The number of unbranched alkanes of at least 4 members (excludes halogenated alkanes) is 5. The third-order valence-electron chi connectivity index (χ3n) is 5.32. The predicted molar refractivity (Wildman–Crippen MR) is 122 cm³/mol. The lowest BCUT2D eigenvalue weighted by Crippen LogP contribution is -2.35. The molecule has 1 unspecified atom stereocenters. The van der Waals surface area contributed by atoms with Crippen LogP contribution < -0.4 is 10.6 Å². The Balaban J connectivity index is 4.06. The minimum Gasteiger partial charge on any atom is -0.376 e. The van der Waals surface area contributed by atoms with Gasteiger partial charge in [-0.25, -0.2) is 0 Å². The Labute approximate surface area is 180 Å². The van der Waals surface area contributed by atoms with E-state index in [1.54, 1.807) is 0 Å². The van der Waals surface area contributed by atoms with E-state index in [4.69, 9.17) is 4.74 Å². The van der Waals surface area contributed by atoms with Gasteiger partial charge < -0.3 is 15.4 Å². The normalized spacial score (nSPS) is 12.6. The molecule has 0 spiro atoms. The van der Waals surface area contributed by atoms with Crippen LogP contribution in [0.25, 0.3) is 0 Å². The number of hydrogen-bond acceptors (Lipinski definition) is 3. The second-order valence-corrected chi connectivity index (χ2v) is 8.76. The van der Waals surface area contributed by atoms with E-state index >= 15 is 0 Å². The van der Waals surface area contributed by atoms with Crippen molar-refractivity contribution in [1.29, 1.82) is 0 Å². The SMILES string of the molecule is CCCCCCC(CCCCC)NC(=O)CCCC(=O)NCCC(C)(C)OCC. The molecule has 0 saturated carbocycles. The Morgan fingerprint density at radius 3 is 2.03 bits per heavy atom. The van der Waals surface area contributed by atoms with E-state index in [9.17, 15) is 9.59 Å². The molecule has 0 aliphatic heterocycles. The summed E-state index contributed by atoms with van der Waals surface area (Å²) in [5, 5.41) is 6.15. The molecule has 0 saturated heterocycles. The van der Waals surface area contributed by atoms with Crippen molar-refractivity contribution in [2.24, 2.45) is 0 Å². The van der Waals surface area contributed by atoms with Gasteiger partial charge in [-0.15, -0.1) is 0 Å². The predicted octanol–water partition coefficient (Wildman–Crippen LogP) is 5.51. The molecular weight excluding hydrogens is 364 g/mol. The molecule has 0 bridgehead atoms. The van der Waals surface area contributed by atoms with Gasteiger partial charge in [-0.05, 0) is 46.5 Å². The van der Waals surface area contributed by atoms with Gasteiger partial charge in [-0.1, -0.05) is 58.8 Å². The summed E-state index contributed by atoms with van der Waals surface area (Å²) in [5.41, 5.74) is -0.216. The molecule has 0 heterocycles. The zero-order chi connectivity index (χ0) is 22.0. The summed E-state index contributed by atoms with van der Waals surface area (Å²) in [6, 6.07) is 0.292. The van der Waals surface area contributed by atoms with E-state index in [1.165, 1.54) is 44.9 Å². The summed E-state index contributed by atoms with van der Waals surface area (Å²) >= 11 is 0. The number of carbonyl (C=O) groups is 2. The Hall–Kier alpha value is -1.10. The van der Waals surface area contributed by atoms with Gasteiger partial charge in [-0.3, -0.25) is 9.59 Å². The number of nitrogens with one attached hydrogen (secondary N) is 2. The smallest absolute Gasteiger partial charge is 0.220 e. The van der Waals surface area contributed by atoms with Crippen molar-refractivity contribution in [2.75, 3.05) is 13.2 Å². The lowest BCUT2D eigenvalue weighted by molar-refractivity contribution is -0.123. The molecule has 5 nitrogen and oxygen atoms in total. The van der Waals surface area contributed by atoms with Crippen LogP contribution in [0.2, 0.25) is 0 Å². The van der Waals surface area contributed by atoms with Gasteiger partial charge in [0.15, 0.2) is 0 Å². The van der Waals surface area contributed by atoms with Crippen LogP contribution in [0.15, 0.2) is 0 Å². The monoisotopic (exact) mass is 412 g/mol. The fourth-order valence-electron chi connectivity index (χ4n) is 3.51. The molecule has 1 atom stereocenters. The van der Waals surface area contributed by atoms with Crippen LogP contribution in [0.5, 0.6) is 0 Å². The van der Waals surface area contributed by atoms with Gasteiger partial charge in [0.25, 0.3) is 0 Å². The van der Waals surface area contributed by atoms with Crippen molar-refractivity contribution >= 4 is 11.8 Å². The van der Waals surface area contributed by atoms with E-state index < -0.39 is 0 Å². The second kappa shape index (κ2) is 17.7. The maximum Gasteiger partial charge on any atom is 0.220 e. The molecule has 0 aromatic heterocycles. The number of amides is 2. The highest BCUT2D eigenvalue weighted by molar-refractivity contribution is 5.78. The summed E-state index contributed by atoms with van der Waals surface area (Å²) in [4.78, 5) is 24.3. The molecule has 5 heteroatoms. The Morgan fingerprint density at radius 2 is 1.41 bits per heavy atom. The molecule has 0 aliphatic rings. The Kier molecular flexibility index (Phi) is 17.1. The zero-order valence-electron chi connectivity index (χ0n) is 19.9. The summed E-state index contributed by atoms with van der Waals surface area (Å²) in [6.07, 6.45) is 12.9. The van der Waals surface area contributed by atoms with E-state index in [-0.39, 0.29) is 17.4 Å². The van der Waals surface area contributed by atoms with Crippen LogP contribution in [-0.2, 0) is 14.3 Å². The zero-order valence-corrected chi connectivity index (χ0v) is 19.9. The van der Waals surface area contributed by atoms with Gasteiger partial charge in [0.2, 0.25) is 11.8 Å². The fourth-order valence-corrected chi connectivity index (χ4v) is 3.51. The van der Waals surface area contributed by atoms with Gasteiger partial charge >= 0.3 is 0 Å². The molecule has 0 aromatic carbocycles. The van der Waals surface area contributed by atoms with Gasteiger partial charge in [0.1, 0.15) is 0 Å². The summed E-state index contributed by atoms with van der Waals surface area (Å²) < 4.78 is 5.63. The highest BCUT2D eigenvalue weighted by Gasteiger charge is 2.17. The van der Waals surface area contributed by atoms with E-state index in [0.29, 0.717) is 38.5 Å². The molecule has 0 aliphatic carbocycles. The van der Waals surface area contributed by atoms with Crippen LogP contribution in [0.1, 0.15) is 118 Å². The average molecular weight is 413 g/mol. The first-order valence-electron chi connectivity index (χ1n) is 12.0. The topological polar surface area (TPSA) is 67.4 Å². The van der Waals surface area contributed by atoms with Crippen LogP contribution in [-0.4, -0.2) is 36.6 Å². The van der Waals surface area contributed by atoms with Crippen molar-refractivity contribution in [3.05, 3.63) is 0 Å². The summed E-state index contributed by atoms with van der Waals surface area (Å²) in [6.45, 7) is 11.8. The quantitative estimate of drug-likeness (QED) is 0.275.